The Kier molecular flexibility index (Phi) is 8.13. The molecule has 0 amide bonds. The molecule has 0 aliphatic carbocycles. The van der Waals surface area contributed by atoms with Gasteiger partial charge in [0.15, 0.2) is 6.33 Å². The number of benzene rings is 1. The zero-order chi connectivity index (χ0) is 24.1. The highest BCUT2D eigenvalue weighted by atomic mass is 32.3. The SMILES string of the molecule is CCN(CC[N+]12CCN(CC1)CC2)c1ccc(/N=N/c2n(C)cn[n+]2C)cc1.O=S(=O)([O-])[O-]. The standard InChI is InChI=1S/C20H32N8.H2O4S/c1-4-27(12-16-28-13-9-26(10-14-28)11-15-28)19-7-5-18(6-8-19)22-23-20-24(2)17-21-25(20)3;1-5(2,3)4/h5-8,17H,4,9-16H2,1-3H3;(H2,1,2,3,4)/q+2;/p-2. The average molecular weight is 481 g/mol. The van der Waals surface area contributed by atoms with Crippen molar-refractivity contribution in [1.82, 2.24) is 14.6 Å². The normalized spacial score (nSPS) is 22.3. The van der Waals surface area contributed by atoms with Gasteiger partial charge in [-0.25, -0.2) is 4.57 Å². The van der Waals surface area contributed by atoms with Crippen LogP contribution in [-0.2, 0) is 24.5 Å². The predicted molar refractivity (Wildman–Crippen MR) is 120 cm³/mol. The summed E-state index contributed by atoms with van der Waals surface area (Å²) in [6.07, 6.45) is 1.73. The number of rotatable bonds is 7. The highest BCUT2D eigenvalue weighted by Gasteiger charge is 2.38. The molecule has 3 aliphatic heterocycles. The van der Waals surface area contributed by atoms with E-state index >= 15 is 0 Å². The smallest absolute Gasteiger partial charge is 0.441 e. The van der Waals surface area contributed by atoms with Crippen LogP contribution in [0, 0.1) is 0 Å². The van der Waals surface area contributed by atoms with Crippen LogP contribution in [0.2, 0.25) is 0 Å². The molecule has 1 aromatic heterocycles. The molecule has 0 saturated carbocycles. The number of anilines is 1. The third-order valence-corrected chi connectivity index (χ3v) is 6.37. The Bertz CT molecular complexity index is 1010. The minimum atomic E-state index is -5.17. The zero-order valence-corrected chi connectivity index (χ0v) is 20.2. The van der Waals surface area contributed by atoms with Crippen LogP contribution in [0.3, 0.4) is 0 Å². The van der Waals surface area contributed by atoms with Crippen LogP contribution in [0.5, 0.6) is 0 Å². The van der Waals surface area contributed by atoms with Gasteiger partial charge in [-0.05, 0) is 31.2 Å². The summed E-state index contributed by atoms with van der Waals surface area (Å²) in [4.78, 5) is 5.09. The quantitative estimate of drug-likeness (QED) is 0.183. The number of aryl methyl sites for hydroxylation is 2. The second-order valence-corrected chi connectivity index (χ2v) is 9.26. The first-order valence-corrected chi connectivity index (χ1v) is 12.3. The summed E-state index contributed by atoms with van der Waals surface area (Å²) in [5, 5.41) is 12.8. The lowest BCUT2D eigenvalue weighted by Crippen LogP contribution is -2.68. The molecule has 0 unspecified atom stereocenters. The third-order valence-electron chi connectivity index (χ3n) is 6.37. The first kappa shape index (κ1) is 25.2. The van der Waals surface area contributed by atoms with E-state index in [0.29, 0.717) is 0 Å². The first-order chi connectivity index (χ1) is 15.6. The van der Waals surface area contributed by atoms with Gasteiger partial charge in [0.2, 0.25) is 0 Å². The number of hydrogen-bond donors (Lipinski definition) is 0. The van der Waals surface area contributed by atoms with Crippen molar-refractivity contribution in [2.75, 3.05) is 63.8 Å². The number of azo groups is 1. The summed E-state index contributed by atoms with van der Waals surface area (Å²) >= 11 is 0. The maximum Gasteiger partial charge on any atom is 0.441 e. The molecule has 3 saturated heterocycles. The minimum Gasteiger partial charge on any atom is -0.759 e. The lowest BCUT2D eigenvalue weighted by Gasteiger charge is -2.51. The van der Waals surface area contributed by atoms with Gasteiger partial charge < -0.3 is 18.5 Å². The highest BCUT2D eigenvalue weighted by molar-refractivity contribution is 7.79. The fourth-order valence-electron chi connectivity index (χ4n) is 4.32. The van der Waals surface area contributed by atoms with Crippen molar-refractivity contribution in [3.05, 3.63) is 30.6 Å². The van der Waals surface area contributed by atoms with Gasteiger partial charge in [0.25, 0.3) is 0 Å². The maximum absolute atomic E-state index is 8.52. The molecule has 1 aromatic carbocycles. The third kappa shape index (κ3) is 7.27. The molecular formula is C20H32N8O4S. The van der Waals surface area contributed by atoms with Crippen LogP contribution in [0.15, 0.2) is 40.8 Å². The van der Waals surface area contributed by atoms with Crippen LogP contribution in [0.25, 0.3) is 0 Å². The fourth-order valence-corrected chi connectivity index (χ4v) is 4.32. The minimum absolute atomic E-state index is 0.717. The molecule has 33 heavy (non-hydrogen) atoms. The maximum atomic E-state index is 8.52. The Morgan fingerprint density at radius 1 is 1.12 bits per heavy atom. The van der Waals surface area contributed by atoms with E-state index in [0.717, 1.165) is 24.7 Å². The molecule has 2 aromatic rings. The van der Waals surface area contributed by atoms with Gasteiger partial charge in [0.1, 0.15) is 5.69 Å². The summed E-state index contributed by atoms with van der Waals surface area (Å²) in [7, 11) is -1.39. The van der Waals surface area contributed by atoms with Crippen LogP contribution in [0.1, 0.15) is 6.92 Å². The Morgan fingerprint density at radius 2 is 1.70 bits per heavy atom. The van der Waals surface area contributed by atoms with Gasteiger partial charge in [0, 0.05) is 47.4 Å². The van der Waals surface area contributed by atoms with Crippen LogP contribution in [-0.4, -0.2) is 95.5 Å². The molecule has 0 atom stereocenters. The highest BCUT2D eigenvalue weighted by Crippen LogP contribution is 2.23. The molecule has 5 rings (SSSR count). The second-order valence-electron chi connectivity index (χ2n) is 8.45. The monoisotopic (exact) mass is 480 g/mol. The van der Waals surface area contributed by atoms with Crippen molar-refractivity contribution in [2.24, 2.45) is 24.3 Å². The van der Waals surface area contributed by atoms with Crippen LogP contribution < -0.4 is 9.58 Å². The van der Waals surface area contributed by atoms with Crippen molar-refractivity contribution in [2.45, 2.75) is 6.92 Å². The van der Waals surface area contributed by atoms with Crippen molar-refractivity contribution in [3.8, 4) is 0 Å². The van der Waals surface area contributed by atoms with Crippen molar-refractivity contribution in [1.29, 1.82) is 0 Å². The van der Waals surface area contributed by atoms with E-state index in [4.69, 9.17) is 17.5 Å². The van der Waals surface area contributed by atoms with Crippen LogP contribution >= 0.6 is 0 Å². The Balaban J connectivity index is 0.000000555. The number of nitrogens with zero attached hydrogens (tertiary/aromatic N) is 8. The molecule has 13 heteroatoms. The molecule has 0 spiro atoms. The summed E-state index contributed by atoms with van der Waals surface area (Å²) in [5.41, 5.74) is 2.12. The summed E-state index contributed by atoms with van der Waals surface area (Å²) in [6, 6.07) is 8.42. The van der Waals surface area contributed by atoms with E-state index < -0.39 is 10.4 Å². The largest absolute Gasteiger partial charge is 0.759 e. The first-order valence-electron chi connectivity index (χ1n) is 11.0. The van der Waals surface area contributed by atoms with Gasteiger partial charge in [-0.3, -0.25) is 13.3 Å². The van der Waals surface area contributed by atoms with E-state index in [1.807, 2.05) is 30.8 Å². The number of piperazine rings is 3. The summed E-state index contributed by atoms with van der Waals surface area (Å²) in [6.45, 7) is 13.4. The number of quaternary nitrogens is 1. The van der Waals surface area contributed by atoms with Gasteiger partial charge >= 0.3 is 5.95 Å². The number of hydrogen-bond acceptors (Lipinski definition) is 9. The molecule has 182 valence electrons. The van der Waals surface area contributed by atoms with Gasteiger partial charge in [-0.2, -0.15) is 0 Å². The molecule has 4 heterocycles. The van der Waals surface area contributed by atoms with E-state index in [2.05, 4.69) is 44.2 Å². The Hall–Kier alpha value is -2.45. The Morgan fingerprint density at radius 3 is 2.18 bits per heavy atom. The summed E-state index contributed by atoms with van der Waals surface area (Å²) < 4.78 is 39.0. The zero-order valence-electron chi connectivity index (χ0n) is 19.4. The number of fused-ring (bicyclic) bond motifs is 3. The average Bonchev–Trinajstić information content (AvgIpc) is 3.11. The number of aromatic nitrogens is 3. The second kappa shape index (κ2) is 10.7. The molecule has 2 bridgehead atoms. The van der Waals surface area contributed by atoms with Gasteiger partial charge in [-0.1, -0.05) is 10.2 Å². The van der Waals surface area contributed by atoms with Crippen molar-refractivity contribution in [3.63, 3.8) is 0 Å². The predicted octanol–water partition coefficient (Wildman–Crippen LogP) is 0.294. The fraction of sp³-hybridized carbons (Fsp3) is 0.600. The van der Waals surface area contributed by atoms with Gasteiger partial charge in [0.05, 0.1) is 46.8 Å². The topological polar surface area (TPSA) is 133 Å². The van der Waals surface area contributed by atoms with Crippen molar-refractivity contribution < 1.29 is 26.7 Å². The van der Waals surface area contributed by atoms with E-state index in [1.54, 1.807) is 11.0 Å². The van der Waals surface area contributed by atoms with Crippen molar-refractivity contribution >= 4 is 27.7 Å². The van der Waals surface area contributed by atoms with E-state index in [9.17, 15) is 0 Å². The lowest BCUT2D eigenvalue weighted by atomic mass is 10.1. The lowest BCUT2D eigenvalue weighted by molar-refractivity contribution is -0.939. The van der Waals surface area contributed by atoms with E-state index in [1.165, 1.54) is 56.0 Å². The van der Waals surface area contributed by atoms with E-state index in [-0.39, 0.29) is 0 Å². The molecule has 12 nitrogen and oxygen atoms in total. The molecule has 3 fully saturated rings. The molecular weight excluding hydrogens is 448 g/mol. The summed E-state index contributed by atoms with van der Waals surface area (Å²) in [5.74, 6) is 0.717. The van der Waals surface area contributed by atoms with Gasteiger partial charge in [-0.15, -0.1) is 4.68 Å². The Labute approximate surface area is 194 Å². The van der Waals surface area contributed by atoms with Crippen LogP contribution in [0.4, 0.5) is 17.3 Å². The molecule has 3 aliphatic rings. The molecule has 0 N–H and O–H groups in total. The molecule has 0 radical (unpaired) electrons. The number of likely N-dealkylation sites (N-methyl/N-ethyl adjacent to an activating group) is 1.